The highest BCUT2D eigenvalue weighted by Gasteiger charge is 2.44. The van der Waals surface area contributed by atoms with E-state index in [1.807, 2.05) is 0 Å². The molecule has 8 aromatic carbocycles. The molecule has 1 N–H and O–H groups in total. The molecule has 0 aromatic heterocycles. The molecule has 0 saturated heterocycles. The molecule has 0 fully saturated rings. The molecule has 348 valence electrons. The van der Waals surface area contributed by atoms with Crippen LogP contribution < -0.4 is 21.1 Å². The zero-order chi connectivity index (χ0) is 48.5. The third-order valence-corrected chi connectivity index (χ3v) is 17.6. The van der Waals surface area contributed by atoms with Crippen molar-refractivity contribution in [1.82, 2.24) is 0 Å². The smallest absolute Gasteiger partial charge is 0.198 e. The predicted octanol–water partition coefficient (Wildman–Crippen LogP) is 16.6. The fraction of sp³-hybridized carbons (Fsp3) is 0.284. The lowest BCUT2D eigenvalue weighted by Gasteiger charge is -2.45. The Morgan fingerprint density at radius 2 is 0.957 bits per heavy atom. The van der Waals surface area contributed by atoms with Crippen LogP contribution in [0.2, 0.25) is 0 Å². The normalized spacial score (nSPS) is 18.0. The van der Waals surface area contributed by atoms with Crippen LogP contribution in [0.1, 0.15) is 128 Å². The first kappa shape index (κ1) is 44.6. The summed E-state index contributed by atoms with van der Waals surface area (Å²) >= 11 is 0. The predicted molar refractivity (Wildman–Crippen MR) is 302 cm³/mol. The zero-order valence-corrected chi connectivity index (χ0v) is 43.1. The van der Waals surface area contributed by atoms with Crippen molar-refractivity contribution in [2.75, 3.05) is 10.2 Å². The molecule has 70 heavy (non-hydrogen) atoms. The fourth-order valence-corrected chi connectivity index (χ4v) is 13.1. The van der Waals surface area contributed by atoms with Crippen molar-refractivity contribution in [1.29, 1.82) is 0 Å². The first-order chi connectivity index (χ1) is 33.4. The average Bonchev–Trinajstić information content (AvgIpc) is 3.59. The van der Waals surface area contributed by atoms with E-state index in [4.69, 9.17) is 0 Å². The average molecular weight is 911 g/mol. The van der Waals surface area contributed by atoms with E-state index in [2.05, 4.69) is 243 Å². The van der Waals surface area contributed by atoms with Gasteiger partial charge in [-0.2, -0.15) is 0 Å². The Labute approximate surface area is 418 Å². The van der Waals surface area contributed by atoms with Gasteiger partial charge in [0.15, 0.2) is 7.28 Å². The van der Waals surface area contributed by atoms with E-state index >= 15 is 0 Å². The highest BCUT2D eigenvalue weighted by molar-refractivity contribution is 6.73. The van der Waals surface area contributed by atoms with Gasteiger partial charge < -0.3 is 10.2 Å². The molecule has 4 aliphatic rings. The summed E-state index contributed by atoms with van der Waals surface area (Å²) in [6.07, 6.45) is 4.72. The monoisotopic (exact) mass is 911 g/mol. The quantitative estimate of drug-likeness (QED) is 0.167. The number of benzene rings is 8. The van der Waals surface area contributed by atoms with Crippen molar-refractivity contribution >= 4 is 46.6 Å². The van der Waals surface area contributed by atoms with E-state index in [9.17, 15) is 0 Å². The van der Waals surface area contributed by atoms with Crippen LogP contribution >= 0.6 is 0 Å². The molecular weight excluding hydrogens is 844 g/mol. The number of hydrogen-bond acceptors (Lipinski definition) is 2. The number of nitrogens with one attached hydrogen (secondary N) is 1. The van der Waals surface area contributed by atoms with Crippen LogP contribution in [0, 0.1) is 0 Å². The Hall–Kier alpha value is -6.58. The minimum atomic E-state index is -0.234. The van der Waals surface area contributed by atoms with Crippen molar-refractivity contribution in [2.24, 2.45) is 0 Å². The molecule has 1 heterocycles. The number of hydrogen-bond donors (Lipinski definition) is 1. The Balaban J connectivity index is 1.15. The summed E-state index contributed by atoms with van der Waals surface area (Å²) in [7, 11) is 0.829. The van der Waals surface area contributed by atoms with Gasteiger partial charge in [0.2, 0.25) is 0 Å². The molecule has 0 bridgehead atoms. The van der Waals surface area contributed by atoms with Crippen LogP contribution in [0.5, 0.6) is 0 Å². The van der Waals surface area contributed by atoms with Crippen LogP contribution in [0.3, 0.4) is 0 Å². The lowest BCUT2D eigenvalue weighted by atomic mass is 9.54. The Bertz CT molecular complexity index is 3390. The number of anilines is 5. The SMILES string of the molecule is CC1(C)CCC(C)(C)c2cc(Nc3ccc(-c4ccccc4)cc3-c3cc4c(c5c3Bc3cc6c(cc3N5c3ccc(-c5ccccc5)cc3)C(C)(C)CCC6(C)C)-c3ccccc3C4(C)C)ccc21. The van der Waals surface area contributed by atoms with E-state index in [1.54, 1.807) is 0 Å². The molecule has 0 radical (unpaired) electrons. The summed E-state index contributed by atoms with van der Waals surface area (Å²) in [5.74, 6) is 0. The van der Waals surface area contributed by atoms with E-state index in [-0.39, 0.29) is 27.1 Å². The minimum Gasteiger partial charge on any atom is -0.355 e. The molecule has 0 amide bonds. The summed E-state index contributed by atoms with van der Waals surface area (Å²) in [5.41, 5.74) is 27.8. The van der Waals surface area contributed by atoms with Gasteiger partial charge in [-0.25, -0.2) is 0 Å². The topological polar surface area (TPSA) is 15.3 Å². The molecule has 3 heteroatoms. The number of nitrogens with zero attached hydrogens (tertiary/aromatic N) is 1. The van der Waals surface area contributed by atoms with Crippen LogP contribution in [0.4, 0.5) is 28.4 Å². The van der Waals surface area contributed by atoms with Gasteiger partial charge in [-0.15, -0.1) is 0 Å². The van der Waals surface area contributed by atoms with Crippen molar-refractivity contribution < 1.29 is 0 Å². The molecule has 12 rings (SSSR count). The third kappa shape index (κ3) is 7.04. The van der Waals surface area contributed by atoms with E-state index in [0.717, 1.165) is 18.7 Å². The number of rotatable bonds is 6. The number of fused-ring (bicyclic) bond motifs is 8. The van der Waals surface area contributed by atoms with Gasteiger partial charge in [0.1, 0.15) is 0 Å². The Morgan fingerprint density at radius 3 is 1.61 bits per heavy atom. The van der Waals surface area contributed by atoms with Gasteiger partial charge in [-0.05, 0) is 168 Å². The van der Waals surface area contributed by atoms with E-state index in [1.165, 1.54) is 132 Å². The maximum atomic E-state index is 4.11. The van der Waals surface area contributed by atoms with Crippen molar-refractivity contribution in [3.63, 3.8) is 0 Å². The van der Waals surface area contributed by atoms with Crippen molar-refractivity contribution in [3.05, 3.63) is 197 Å². The molecule has 1 aliphatic heterocycles. The van der Waals surface area contributed by atoms with Gasteiger partial charge in [0.25, 0.3) is 0 Å². The minimum absolute atomic E-state index is 0.0570. The second kappa shape index (κ2) is 15.7. The summed E-state index contributed by atoms with van der Waals surface area (Å²) in [6.45, 7) is 24.5. The van der Waals surface area contributed by atoms with Gasteiger partial charge in [-0.1, -0.05) is 190 Å². The van der Waals surface area contributed by atoms with Gasteiger partial charge >= 0.3 is 0 Å². The van der Waals surface area contributed by atoms with Gasteiger partial charge in [-0.3, -0.25) is 0 Å². The summed E-state index contributed by atoms with van der Waals surface area (Å²) in [6, 6.07) is 62.6. The van der Waals surface area contributed by atoms with Gasteiger partial charge in [0.05, 0.1) is 0 Å². The molecule has 8 aromatic rings. The highest BCUT2D eigenvalue weighted by atomic mass is 15.2. The van der Waals surface area contributed by atoms with Crippen LogP contribution in [0.25, 0.3) is 44.5 Å². The zero-order valence-electron chi connectivity index (χ0n) is 43.1. The van der Waals surface area contributed by atoms with Crippen molar-refractivity contribution in [2.45, 2.75) is 122 Å². The maximum absolute atomic E-state index is 4.11. The molecule has 0 spiro atoms. The first-order valence-electron chi connectivity index (χ1n) is 26.0. The standard InChI is InChI=1S/C67H67BN2/c1-63(2)33-34-64(3,4)53-38-46(28-31-52(53)63)69-58-32-27-45(43-21-15-12-16-22-43)37-49(58)50-39-56-60(48-23-17-18-24-51(48)67(56,9)10)62-61(50)68-57-40-54-55(66(7,8)36-35-65(54,5)6)41-59(57)70(62)47-29-25-44(26-30-47)42-19-13-11-14-20-42/h11-32,37-41,68-69H,33-36H2,1-10H3. The van der Waals surface area contributed by atoms with E-state index in [0.29, 0.717) is 0 Å². The summed E-state index contributed by atoms with van der Waals surface area (Å²) < 4.78 is 0. The Kier molecular flexibility index (Phi) is 10.0. The summed E-state index contributed by atoms with van der Waals surface area (Å²) in [4.78, 5) is 2.68. The molecule has 2 nitrogen and oxygen atoms in total. The van der Waals surface area contributed by atoms with Crippen LogP contribution in [-0.4, -0.2) is 7.28 Å². The fourth-order valence-electron chi connectivity index (χ4n) is 13.1. The molecule has 3 aliphatic carbocycles. The van der Waals surface area contributed by atoms with Crippen molar-refractivity contribution in [3.8, 4) is 44.5 Å². The second-order valence-electron chi connectivity index (χ2n) is 24.3. The van der Waals surface area contributed by atoms with E-state index < -0.39 is 0 Å². The Morgan fingerprint density at radius 1 is 0.414 bits per heavy atom. The second-order valence-corrected chi connectivity index (χ2v) is 24.3. The third-order valence-electron chi connectivity index (χ3n) is 17.6. The molecule has 0 atom stereocenters. The highest BCUT2D eigenvalue weighted by Crippen LogP contribution is 2.57. The molecular formula is C67H67BN2. The summed E-state index contributed by atoms with van der Waals surface area (Å²) in [5, 5.41) is 4.11. The first-order valence-corrected chi connectivity index (χ1v) is 26.0. The lowest BCUT2D eigenvalue weighted by molar-refractivity contribution is 0.332. The lowest BCUT2D eigenvalue weighted by Crippen LogP contribution is -2.44. The van der Waals surface area contributed by atoms with Crippen LogP contribution in [0.15, 0.2) is 164 Å². The maximum Gasteiger partial charge on any atom is 0.198 e. The van der Waals surface area contributed by atoms with Gasteiger partial charge in [0, 0.05) is 45.0 Å². The largest absolute Gasteiger partial charge is 0.355 e. The van der Waals surface area contributed by atoms with Crippen LogP contribution in [-0.2, 0) is 27.1 Å². The molecule has 0 unspecified atom stereocenters. The molecule has 0 saturated carbocycles.